The second-order valence-electron chi connectivity index (χ2n) is 7.75. The summed E-state index contributed by atoms with van der Waals surface area (Å²) in [5.41, 5.74) is 3.71. The van der Waals surface area contributed by atoms with Gasteiger partial charge in [-0.1, -0.05) is 0 Å². The van der Waals surface area contributed by atoms with Gasteiger partial charge in [0, 0.05) is 17.4 Å². The standard InChI is InChI=1S/C24H25N5O4S/c1-15-16(2)22(11-10-21(15)32-5)34(30,31)28-19-6-8-20(9-7-19)33-24-12-23(25-13-26-24)29-14-27-17(3)18(29)4/h6-14,28H,1-5H3. The lowest BCUT2D eigenvalue weighted by Gasteiger charge is -2.14. The van der Waals surface area contributed by atoms with Crippen LogP contribution < -0.4 is 14.2 Å². The van der Waals surface area contributed by atoms with Gasteiger partial charge < -0.3 is 9.47 Å². The zero-order valence-corrected chi connectivity index (χ0v) is 20.3. The minimum atomic E-state index is -3.78. The van der Waals surface area contributed by atoms with Crippen molar-refractivity contribution in [2.45, 2.75) is 32.6 Å². The predicted octanol–water partition coefficient (Wildman–Crippen LogP) is 4.50. The molecule has 176 valence electrons. The molecular formula is C24H25N5O4S. The molecule has 0 atom stereocenters. The van der Waals surface area contributed by atoms with Crippen LogP contribution in [0.5, 0.6) is 17.4 Å². The summed E-state index contributed by atoms with van der Waals surface area (Å²) in [7, 11) is -2.22. The Hall–Kier alpha value is -3.92. The fourth-order valence-electron chi connectivity index (χ4n) is 3.45. The molecule has 34 heavy (non-hydrogen) atoms. The van der Waals surface area contributed by atoms with Crippen LogP contribution in [-0.4, -0.2) is 35.0 Å². The Morgan fingerprint density at radius 1 is 0.912 bits per heavy atom. The number of aromatic nitrogens is 4. The fraction of sp³-hybridized carbons (Fsp3) is 0.208. The number of anilines is 1. The first kappa shape index (κ1) is 23.2. The zero-order chi connectivity index (χ0) is 24.5. The van der Waals surface area contributed by atoms with Crippen molar-refractivity contribution in [1.29, 1.82) is 0 Å². The molecule has 0 spiro atoms. The summed E-state index contributed by atoms with van der Waals surface area (Å²) in [6, 6.07) is 11.5. The van der Waals surface area contributed by atoms with E-state index >= 15 is 0 Å². The summed E-state index contributed by atoms with van der Waals surface area (Å²) >= 11 is 0. The fourth-order valence-corrected chi connectivity index (χ4v) is 4.81. The molecular weight excluding hydrogens is 454 g/mol. The van der Waals surface area contributed by atoms with Crippen molar-refractivity contribution in [2.24, 2.45) is 0 Å². The van der Waals surface area contributed by atoms with Crippen LogP contribution in [0.3, 0.4) is 0 Å². The third-order valence-electron chi connectivity index (χ3n) is 5.65. The van der Waals surface area contributed by atoms with E-state index in [2.05, 4.69) is 19.7 Å². The van der Waals surface area contributed by atoms with Crippen LogP contribution in [0.1, 0.15) is 22.5 Å². The molecule has 4 rings (SSSR count). The lowest BCUT2D eigenvalue weighted by molar-refractivity contribution is 0.410. The van der Waals surface area contributed by atoms with Crippen molar-refractivity contribution < 1.29 is 17.9 Å². The molecule has 0 aliphatic carbocycles. The smallest absolute Gasteiger partial charge is 0.262 e. The van der Waals surface area contributed by atoms with Crippen LogP contribution in [0.15, 0.2) is 60.0 Å². The third-order valence-corrected chi connectivity index (χ3v) is 7.18. The first-order valence-electron chi connectivity index (χ1n) is 10.5. The number of ether oxygens (including phenoxy) is 2. The summed E-state index contributed by atoms with van der Waals surface area (Å²) < 4.78 is 41.5. The minimum absolute atomic E-state index is 0.199. The van der Waals surface area contributed by atoms with Crippen molar-refractivity contribution in [2.75, 3.05) is 11.8 Å². The number of imidazole rings is 1. The van der Waals surface area contributed by atoms with E-state index in [1.165, 1.54) is 12.4 Å². The van der Waals surface area contributed by atoms with Crippen molar-refractivity contribution >= 4 is 15.7 Å². The van der Waals surface area contributed by atoms with E-state index in [0.29, 0.717) is 34.4 Å². The van der Waals surface area contributed by atoms with Crippen LogP contribution in [0.4, 0.5) is 5.69 Å². The highest BCUT2D eigenvalue weighted by Crippen LogP contribution is 2.29. The van der Waals surface area contributed by atoms with Gasteiger partial charge in [0.05, 0.1) is 17.7 Å². The lowest BCUT2D eigenvalue weighted by atomic mass is 10.1. The van der Waals surface area contributed by atoms with Gasteiger partial charge in [0.2, 0.25) is 5.88 Å². The number of benzene rings is 2. The maximum atomic E-state index is 12.9. The molecule has 0 amide bonds. The molecule has 2 aromatic heterocycles. The molecule has 0 bridgehead atoms. The van der Waals surface area contributed by atoms with E-state index in [1.807, 2.05) is 25.3 Å². The summed E-state index contributed by atoms with van der Waals surface area (Å²) in [5, 5.41) is 0. The quantitative estimate of drug-likeness (QED) is 0.416. The van der Waals surface area contributed by atoms with Gasteiger partial charge in [0.25, 0.3) is 10.0 Å². The van der Waals surface area contributed by atoms with Crippen LogP contribution in [-0.2, 0) is 10.0 Å². The van der Waals surface area contributed by atoms with Gasteiger partial charge in [-0.25, -0.2) is 23.4 Å². The molecule has 4 aromatic rings. The highest BCUT2D eigenvalue weighted by molar-refractivity contribution is 7.92. The van der Waals surface area contributed by atoms with E-state index in [-0.39, 0.29) is 4.90 Å². The predicted molar refractivity (Wildman–Crippen MR) is 128 cm³/mol. The summed E-state index contributed by atoms with van der Waals surface area (Å²) in [6.45, 7) is 7.47. The highest BCUT2D eigenvalue weighted by atomic mass is 32.2. The molecule has 0 saturated heterocycles. The number of nitrogens with zero attached hydrogens (tertiary/aromatic N) is 4. The summed E-state index contributed by atoms with van der Waals surface area (Å²) in [4.78, 5) is 12.9. The first-order chi connectivity index (χ1) is 16.2. The normalized spacial score (nSPS) is 11.3. The number of methoxy groups -OCH3 is 1. The maximum Gasteiger partial charge on any atom is 0.262 e. The first-order valence-corrected chi connectivity index (χ1v) is 12.0. The van der Waals surface area contributed by atoms with Gasteiger partial charge in [0.15, 0.2) is 0 Å². The number of rotatable bonds is 7. The number of aryl methyl sites for hydroxylation is 1. The third kappa shape index (κ3) is 4.58. The molecule has 0 radical (unpaired) electrons. The van der Waals surface area contributed by atoms with Crippen LogP contribution in [0.2, 0.25) is 0 Å². The Labute approximate surface area is 198 Å². The van der Waals surface area contributed by atoms with Gasteiger partial charge in [-0.2, -0.15) is 0 Å². The Bertz CT molecular complexity index is 1450. The zero-order valence-electron chi connectivity index (χ0n) is 19.5. The highest BCUT2D eigenvalue weighted by Gasteiger charge is 2.20. The molecule has 10 heteroatoms. The van der Waals surface area contributed by atoms with Gasteiger partial charge in [-0.05, 0) is 75.2 Å². The minimum Gasteiger partial charge on any atom is -0.496 e. The van der Waals surface area contributed by atoms with Gasteiger partial charge in [-0.15, -0.1) is 0 Å². The monoisotopic (exact) mass is 479 g/mol. The van der Waals surface area contributed by atoms with Gasteiger partial charge in [-0.3, -0.25) is 9.29 Å². The summed E-state index contributed by atoms with van der Waals surface area (Å²) in [5.74, 6) is 2.14. The Morgan fingerprint density at radius 2 is 1.65 bits per heavy atom. The Balaban J connectivity index is 1.51. The second-order valence-corrected chi connectivity index (χ2v) is 9.40. The van der Waals surface area contributed by atoms with Crippen molar-refractivity contribution in [1.82, 2.24) is 19.5 Å². The molecule has 1 N–H and O–H groups in total. The van der Waals surface area contributed by atoms with E-state index in [1.54, 1.807) is 56.8 Å². The molecule has 0 unspecified atom stereocenters. The molecule has 9 nitrogen and oxygen atoms in total. The molecule has 2 heterocycles. The van der Waals surface area contributed by atoms with E-state index < -0.39 is 10.0 Å². The lowest BCUT2D eigenvalue weighted by Crippen LogP contribution is -2.15. The Kier molecular flexibility index (Phi) is 6.25. The largest absolute Gasteiger partial charge is 0.496 e. The van der Waals surface area contributed by atoms with Crippen LogP contribution >= 0.6 is 0 Å². The molecule has 2 aromatic carbocycles. The van der Waals surface area contributed by atoms with Crippen LogP contribution in [0, 0.1) is 27.7 Å². The number of nitrogens with one attached hydrogen (secondary N) is 1. The average Bonchev–Trinajstić information content (AvgIpc) is 3.15. The van der Waals surface area contributed by atoms with E-state index in [0.717, 1.165) is 17.0 Å². The van der Waals surface area contributed by atoms with Crippen molar-refractivity contribution in [3.05, 3.63) is 77.6 Å². The average molecular weight is 480 g/mol. The van der Waals surface area contributed by atoms with E-state index in [4.69, 9.17) is 9.47 Å². The number of hydrogen-bond acceptors (Lipinski definition) is 7. The second kappa shape index (κ2) is 9.14. The maximum absolute atomic E-state index is 12.9. The summed E-state index contributed by atoms with van der Waals surface area (Å²) in [6.07, 6.45) is 3.12. The topological polar surface area (TPSA) is 108 Å². The SMILES string of the molecule is COc1ccc(S(=O)(=O)Nc2ccc(Oc3cc(-n4cnc(C)c4C)ncn3)cc2)c(C)c1C. The van der Waals surface area contributed by atoms with Crippen molar-refractivity contribution in [3.8, 4) is 23.2 Å². The van der Waals surface area contributed by atoms with Crippen LogP contribution in [0.25, 0.3) is 5.82 Å². The van der Waals surface area contributed by atoms with Crippen molar-refractivity contribution in [3.63, 3.8) is 0 Å². The molecule has 0 saturated carbocycles. The Morgan fingerprint density at radius 3 is 2.29 bits per heavy atom. The number of sulfonamides is 1. The molecule has 0 fully saturated rings. The molecule has 0 aliphatic rings. The van der Waals surface area contributed by atoms with Gasteiger partial charge in [0.1, 0.15) is 30.0 Å². The van der Waals surface area contributed by atoms with E-state index in [9.17, 15) is 8.42 Å². The number of hydrogen-bond donors (Lipinski definition) is 1. The molecule has 0 aliphatic heterocycles. The van der Waals surface area contributed by atoms with Gasteiger partial charge >= 0.3 is 0 Å².